The number of benzene rings is 2. The summed E-state index contributed by atoms with van der Waals surface area (Å²) in [6, 6.07) is 14.7. The van der Waals surface area contributed by atoms with Crippen molar-refractivity contribution in [3.8, 4) is 17.1 Å². The van der Waals surface area contributed by atoms with Gasteiger partial charge in [-0.05, 0) is 55.0 Å². The summed E-state index contributed by atoms with van der Waals surface area (Å²) in [5.41, 5.74) is 0.785. The van der Waals surface area contributed by atoms with Gasteiger partial charge >= 0.3 is 0 Å². The van der Waals surface area contributed by atoms with Crippen LogP contribution in [0.25, 0.3) is 17.1 Å². The number of imidazole rings is 1. The van der Waals surface area contributed by atoms with Crippen LogP contribution < -0.4 is 0 Å². The molecular formula is C26H23Cl2N3O3. The van der Waals surface area contributed by atoms with Crippen LogP contribution >= 0.6 is 23.2 Å². The number of nitrogens with zero attached hydrogens (tertiary/aromatic N) is 3. The number of allylic oxidation sites excluding steroid dienone is 2. The molecule has 1 saturated heterocycles. The Bertz CT molecular complexity index is 1270. The highest BCUT2D eigenvalue weighted by molar-refractivity contribution is 6.33. The first-order valence-corrected chi connectivity index (χ1v) is 11.8. The van der Waals surface area contributed by atoms with Crippen LogP contribution in [0.4, 0.5) is 0 Å². The van der Waals surface area contributed by atoms with Crippen molar-refractivity contribution in [1.82, 2.24) is 14.5 Å². The number of carbonyl (C=O) groups excluding carboxylic acids is 1. The summed E-state index contributed by atoms with van der Waals surface area (Å²) >= 11 is 12.5. The summed E-state index contributed by atoms with van der Waals surface area (Å²) in [4.78, 5) is 19.8. The Morgan fingerprint density at radius 2 is 1.79 bits per heavy atom. The monoisotopic (exact) mass is 495 g/mol. The van der Waals surface area contributed by atoms with Gasteiger partial charge in [0.15, 0.2) is 0 Å². The van der Waals surface area contributed by atoms with Gasteiger partial charge in [-0.1, -0.05) is 35.3 Å². The molecule has 0 radical (unpaired) electrons. The molecule has 5 rings (SSSR count). The Morgan fingerprint density at radius 3 is 2.47 bits per heavy atom. The number of halogens is 2. The number of aromatic nitrogens is 2. The van der Waals surface area contributed by atoms with Crippen LogP contribution in [0.15, 0.2) is 78.9 Å². The average molecular weight is 496 g/mol. The fraction of sp³-hybridized carbons (Fsp3) is 0.231. The van der Waals surface area contributed by atoms with Gasteiger partial charge in [0.05, 0.1) is 11.3 Å². The normalized spacial score (nSPS) is 17.3. The quantitative estimate of drug-likeness (QED) is 0.509. The maximum Gasteiger partial charge on any atom is 0.274 e. The number of hydrogen-bond acceptors (Lipinski definition) is 4. The van der Waals surface area contributed by atoms with Crippen molar-refractivity contribution in [2.24, 2.45) is 0 Å². The molecule has 2 aliphatic rings. The van der Waals surface area contributed by atoms with Crippen molar-refractivity contribution in [2.45, 2.75) is 24.9 Å². The van der Waals surface area contributed by atoms with E-state index in [-0.39, 0.29) is 5.91 Å². The lowest BCUT2D eigenvalue weighted by atomic mass is 9.88. The predicted molar refractivity (Wildman–Crippen MR) is 132 cm³/mol. The Kier molecular flexibility index (Phi) is 6.21. The third-order valence-corrected chi connectivity index (χ3v) is 6.79. The van der Waals surface area contributed by atoms with E-state index >= 15 is 0 Å². The minimum atomic E-state index is -1.06. The molecule has 2 aliphatic heterocycles. The fourth-order valence-electron chi connectivity index (χ4n) is 4.30. The zero-order chi connectivity index (χ0) is 23.7. The van der Waals surface area contributed by atoms with E-state index in [0.717, 1.165) is 17.7 Å². The zero-order valence-corrected chi connectivity index (χ0v) is 19.8. The van der Waals surface area contributed by atoms with Gasteiger partial charge in [-0.15, -0.1) is 0 Å². The van der Waals surface area contributed by atoms with Gasteiger partial charge in [0.2, 0.25) is 0 Å². The Labute approximate surface area is 207 Å². The molecule has 3 heterocycles. The summed E-state index contributed by atoms with van der Waals surface area (Å²) in [7, 11) is 0. The maximum atomic E-state index is 13.4. The Balaban J connectivity index is 1.43. The lowest BCUT2D eigenvalue weighted by Crippen LogP contribution is -2.48. The van der Waals surface area contributed by atoms with Crippen molar-refractivity contribution < 1.29 is 14.6 Å². The minimum Gasteiger partial charge on any atom is -0.467 e. The van der Waals surface area contributed by atoms with E-state index in [2.05, 4.69) is 4.98 Å². The SMILES string of the molecule is O=C(c1cn(-c2ccc(Cl)cc2)c(-c2ccccc2Cl)n1)N1CCC(O)(C2=CCC=CO2)CC1. The topological polar surface area (TPSA) is 67.6 Å². The van der Waals surface area contributed by atoms with Gasteiger partial charge in [-0.3, -0.25) is 9.36 Å². The third-order valence-electron chi connectivity index (χ3n) is 6.21. The van der Waals surface area contributed by atoms with Crippen LogP contribution in [-0.2, 0) is 4.74 Å². The van der Waals surface area contributed by atoms with Crippen molar-refractivity contribution in [2.75, 3.05) is 13.1 Å². The van der Waals surface area contributed by atoms with Gasteiger partial charge in [-0.25, -0.2) is 4.98 Å². The Hall–Kier alpha value is -3.06. The summed E-state index contributed by atoms with van der Waals surface area (Å²) in [5.74, 6) is 0.939. The third kappa shape index (κ3) is 4.37. The van der Waals surface area contributed by atoms with Crippen LogP contribution in [0.2, 0.25) is 10.0 Å². The second-order valence-corrected chi connectivity index (χ2v) is 9.24. The molecule has 174 valence electrons. The van der Waals surface area contributed by atoms with Crippen LogP contribution in [0, 0.1) is 0 Å². The second-order valence-electron chi connectivity index (χ2n) is 8.39. The first kappa shape index (κ1) is 22.7. The molecule has 1 aromatic heterocycles. The standard InChI is InChI=1S/C26H23Cl2N3O3/c27-18-8-10-19(11-9-18)31-17-22(29-24(31)20-5-1-2-6-21(20)28)25(32)30-14-12-26(33,13-15-30)23-7-3-4-16-34-23/h1-2,4-11,16-17,33H,3,12-15H2. The minimum absolute atomic E-state index is 0.193. The lowest BCUT2D eigenvalue weighted by Gasteiger charge is -2.39. The molecule has 0 spiro atoms. The number of ether oxygens (including phenoxy) is 1. The van der Waals surface area contributed by atoms with Gasteiger partial charge in [-0.2, -0.15) is 0 Å². The molecule has 0 saturated carbocycles. The number of likely N-dealkylation sites (tertiary alicyclic amines) is 1. The van der Waals surface area contributed by atoms with E-state index in [0.29, 0.717) is 53.3 Å². The number of piperidine rings is 1. The van der Waals surface area contributed by atoms with E-state index in [1.54, 1.807) is 35.6 Å². The molecule has 0 aliphatic carbocycles. The van der Waals surface area contributed by atoms with Crippen molar-refractivity contribution in [1.29, 1.82) is 0 Å². The number of hydrogen-bond donors (Lipinski definition) is 1. The average Bonchev–Trinajstić information content (AvgIpc) is 3.30. The molecule has 8 heteroatoms. The molecule has 0 unspecified atom stereocenters. The number of amides is 1. The molecular weight excluding hydrogens is 473 g/mol. The highest BCUT2D eigenvalue weighted by Crippen LogP contribution is 2.34. The van der Waals surface area contributed by atoms with E-state index in [9.17, 15) is 9.90 Å². The summed E-state index contributed by atoms with van der Waals surface area (Å²) in [6.45, 7) is 0.796. The van der Waals surface area contributed by atoms with Gasteiger partial charge < -0.3 is 14.7 Å². The molecule has 0 bridgehead atoms. The van der Waals surface area contributed by atoms with Crippen molar-refractivity contribution in [3.63, 3.8) is 0 Å². The lowest BCUT2D eigenvalue weighted by molar-refractivity contribution is -0.0200. The summed E-state index contributed by atoms with van der Waals surface area (Å²) in [6.07, 6.45) is 8.63. The van der Waals surface area contributed by atoms with Crippen molar-refractivity contribution >= 4 is 29.1 Å². The van der Waals surface area contributed by atoms with Crippen LogP contribution in [0.3, 0.4) is 0 Å². The van der Waals surface area contributed by atoms with Crippen molar-refractivity contribution in [3.05, 3.63) is 94.6 Å². The second kappa shape index (κ2) is 9.29. The molecule has 1 amide bonds. The number of carbonyl (C=O) groups is 1. The van der Waals surface area contributed by atoms with Crippen LogP contribution in [-0.4, -0.2) is 44.2 Å². The molecule has 0 atom stereocenters. The summed E-state index contributed by atoms with van der Waals surface area (Å²) in [5, 5.41) is 12.2. The van der Waals surface area contributed by atoms with E-state index in [1.807, 2.05) is 47.1 Å². The first-order chi connectivity index (χ1) is 16.4. The Morgan fingerprint density at radius 1 is 1.06 bits per heavy atom. The molecule has 6 nitrogen and oxygen atoms in total. The van der Waals surface area contributed by atoms with E-state index in [4.69, 9.17) is 27.9 Å². The van der Waals surface area contributed by atoms with Crippen LogP contribution in [0.1, 0.15) is 29.8 Å². The highest BCUT2D eigenvalue weighted by Gasteiger charge is 2.39. The number of rotatable bonds is 4. The smallest absolute Gasteiger partial charge is 0.274 e. The fourth-order valence-corrected chi connectivity index (χ4v) is 4.65. The largest absolute Gasteiger partial charge is 0.467 e. The number of aliphatic hydroxyl groups is 1. The van der Waals surface area contributed by atoms with Gasteiger partial charge in [0, 0.05) is 48.4 Å². The highest BCUT2D eigenvalue weighted by atomic mass is 35.5. The molecule has 1 N–H and O–H groups in total. The van der Waals surface area contributed by atoms with E-state index in [1.165, 1.54) is 0 Å². The molecule has 3 aromatic rings. The zero-order valence-electron chi connectivity index (χ0n) is 18.3. The maximum absolute atomic E-state index is 13.4. The van der Waals surface area contributed by atoms with Gasteiger partial charge in [0.25, 0.3) is 5.91 Å². The molecule has 34 heavy (non-hydrogen) atoms. The summed E-state index contributed by atoms with van der Waals surface area (Å²) < 4.78 is 7.37. The van der Waals surface area contributed by atoms with Crippen LogP contribution in [0.5, 0.6) is 0 Å². The molecule has 1 fully saturated rings. The molecule has 2 aromatic carbocycles. The van der Waals surface area contributed by atoms with Gasteiger partial charge in [0.1, 0.15) is 22.9 Å². The predicted octanol–water partition coefficient (Wildman–Crippen LogP) is 5.63. The first-order valence-electron chi connectivity index (χ1n) is 11.1. The van der Waals surface area contributed by atoms with E-state index < -0.39 is 5.60 Å².